The maximum atomic E-state index is 14.1. The normalized spacial score (nSPS) is 11.5. The van der Waals surface area contributed by atoms with E-state index in [1.54, 1.807) is 47.2 Å². The zero-order valence-electron chi connectivity index (χ0n) is 22.5. The van der Waals surface area contributed by atoms with Gasteiger partial charge in [-0.15, -0.1) is 0 Å². The molecule has 1 amide bonds. The number of aromatic nitrogens is 4. The molecule has 0 atom stereocenters. The Hall–Kier alpha value is -4.75. The molecular formula is C29H27F2N7O3S. The highest BCUT2D eigenvalue weighted by atomic mass is 32.2. The molecule has 10 nitrogen and oxygen atoms in total. The number of para-hydroxylation sites is 2. The molecule has 5 rings (SSSR count). The van der Waals surface area contributed by atoms with Gasteiger partial charge in [0, 0.05) is 30.2 Å². The monoisotopic (exact) mass is 591 g/mol. The molecule has 0 aliphatic carbocycles. The van der Waals surface area contributed by atoms with Gasteiger partial charge in [-0.25, -0.2) is 32.2 Å². The fourth-order valence-electron chi connectivity index (χ4n) is 4.37. The minimum atomic E-state index is -3.17. The third kappa shape index (κ3) is 7.50. The van der Waals surface area contributed by atoms with E-state index in [9.17, 15) is 22.0 Å². The van der Waals surface area contributed by atoms with Crippen molar-refractivity contribution in [2.75, 3.05) is 16.9 Å². The fraction of sp³-hybridized carbons (Fsp3) is 0.172. The van der Waals surface area contributed by atoms with Crippen LogP contribution in [0.4, 0.5) is 26.4 Å². The number of amides is 1. The first-order chi connectivity index (χ1) is 20.1. The molecule has 0 aliphatic rings. The molecule has 5 aromatic rings. The third-order valence-corrected chi connectivity index (χ3v) is 7.02. The minimum Gasteiger partial charge on any atom is -0.324 e. The number of hydrogen-bond donors (Lipinski definition) is 3. The Morgan fingerprint density at radius 2 is 1.81 bits per heavy atom. The number of fused-ring (bicyclic) bond motifs is 1. The number of hydrogen-bond acceptors (Lipinski definition) is 8. The molecule has 42 heavy (non-hydrogen) atoms. The first-order valence-electron chi connectivity index (χ1n) is 12.9. The Morgan fingerprint density at radius 3 is 2.64 bits per heavy atom. The summed E-state index contributed by atoms with van der Waals surface area (Å²) in [6.07, 6.45) is 2.44. The van der Waals surface area contributed by atoms with Crippen molar-refractivity contribution in [1.82, 2.24) is 24.8 Å². The van der Waals surface area contributed by atoms with E-state index in [1.807, 2.05) is 18.2 Å². The van der Waals surface area contributed by atoms with E-state index in [4.69, 9.17) is 0 Å². The quantitative estimate of drug-likeness (QED) is 0.207. The third-order valence-electron chi connectivity index (χ3n) is 6.17. The molecule has 2 heterocycles. The molecule has 0 spiro atoms. The summed E-state index contributed by atoms with van der Waals surface area (Å²) in [4.78, 5) is 26.0. The molecule has 3 N–H and O–H groups in total. The van der Waals surface area contributed by atoms with Crippen LogP contribution in [0, 0.1) is 11.6 Å². The number of rotatable bonds is 11. The van der Waals surface area contributed by atoms with E-state index in [-0.39, 0.29) is 30.4 Å². The molecule has 0 radical (unpaired) electrons. The Labute approximate surface area is 240 Å². The lowest BCUT2D eigenvalue weighted by atomic mass is 10.1. The van der Waals surface area contributed by atoms with Gasteiger partial charge in [0.1, 0.15) is 11.6 Å². The van der Waals surface area contributed by atoms with Gasteiger partial charge in [0.15, 0.2) is 9.84 Å². The van der Waals surface area contributed by atoms with Crippen LogP contribution in [-0.4, -0.2) is 40.1 Å². The highest BCUT2D eigenvalue weighted by Crippen LogP contribution is 2.20. The van der Waals surface area contributed by atoms with Crippen molar-refractivity contribution >= 4 is 44.4 Å². The van der Waals surface area contributed by atoms with Crippen LogP contribution in [0.5, 0.6) is 0 Å². The summed E-state index contributed by atoms with van der Waals surface area (Å²) in [6, 6.07) is 19.1. The lowest BCUT2D eigenvalue weighted by molar-refractivity contribution is -0.115. The molecule has 0 aliphatic heterocycles. The van der Waals surface area contributed by atoms with Crippen LogP contribution >= 0.6 is 0 Å². The number of carbonyl (C=O) groups excluding carboxylic acids is 1. The zero-order valence-corrected chi connectivity index (χ0v) is 23.3. The molecule has 2 aromatic heterocycles. The van der Waals surface area contributed by atoms with Crippen LogP contribution in [0.2, 0.25) is 0 Å². The molecule has 0 unspecified atom stereocenters. The molecule has 0 fully saturated rings. The smallest absolute Gasteiger partial charge is 0.231 e. The van der Waals surface area contributed by atoms with Crippen LogP contribution in [0.15, 0.2) is 79.0 Å². The molecule has 13 heteroatoms. The highest BCUT2D eigenvalue weighted by molar-refractivity contribution is 7.89. The number of halogens is 2. The Balaban J connectivity index is 1.26. The van der Waals surface area contributed by atoms with Gasteiger partial charge >= 0.3 is 0 Å². The Kier molecular flexibility index (Phi) is 8.50. The fourth-order valence-corrected chi connectivity index (χ4v) is 5.16. The highest BCUT2D eigenvalue weighted by Gasteiger charge is 2.15. The molecule has 3 aromatic carbocycles. The molecule has 216 valence electrons. The number of nitrogens with one attached hydrogen (secondary N) is 3. The number of imidazole rings is 1. The minimum absolute atomic E-state index is 0.0522. The SMILES string of the molecule is CS(=O)(=O)Cc1cccc(Nc2nccc(CNCn3c(NC(=O)Cc4cc(F)ccc4F)nc4ccccc43)n2)c1. The predicted molar refractivity (Wildman–Crippen MR) is 156 cm³/mol. The Morgan fingerprint density at radius 1 is 0.976 bits per heavy atom. The van der Waals surface area contributed by atoms with E-state index in [0.29, 0.717) is 35.0 Å². The zero-order chi connectivity index (χ0) is 29.7. The molecule has 0 bridgehead atoms. The summed E-state index contributed by atoms with van der Waals surface area (Å²) in [5.74, 6) is -1.30. The number of carbonyl (C=O) groups is 1. The van der Waals surface area contributed by atoms with E-state index < -0.39 is 27.4 Å². The van der Waals surface area contributed by atoms with Crippen molar-refractivity contribution < 1.29 is 22.0 Å². The van der Waals surface area contributed by atoms with Crippen molar-refractivity contribution in [3.05, 3.63) is 107 Å². The van der Waals surface area contributed by atoms with Gasteiger partial charge in [0.25, 0.3) is 0 Å². The number of anilines is 3. The Bertz CT molecular complexity index is 1860. The second-order valence-electron chi connectivity index (χ2n) is 9.66. The van der Waals surface area contributed by atoms with Crippen LogP contribution < -0.4 is 16.0 Å². The average Bonchev–Trinajstić information content (AvgIpc) is 3.27. The van der Waals surface area contributed by atoms with E-state index >= 15 is 0 Å². The first-order valence-corrected chi connectivity index (χ1v) is 14.9. The summed E-state index contributed by atoms with van der Waals surface area (Å²) in [6.45, 7) is 0.602. The summed E-state index contributed by atoms with van der Waals surface area (Å²) >= 11 is 0. The first kappa shape index (κ1) is 28.8. The van der Waals surface area contributed by atoms with Crippen LogP contribution in [0.25, 0.3) is 11.0 Å². The van der Waals surface area contributed by atoms with Gasteiger partial charge in [-0.1, -0.05) is 24.3 Å². The predicted octanol–water partition coefficient (Wildman–Crippen LogP) is 4.32. The van der Waals surface area contributed by atoms with Gasteiger partial charge in [-0.3, -0.25) is 20.0 Å². The van der Waals surface area contributed by atoms with Gasteiger partial charge in [0.2, 0.25) is 17.8 Å². The topological polar surface area (TPSA) is 131 Å². The standard InChI is InChI=1S/C29H27F2N7O3S/c1-42(40,41)17-19-5-4-6-22(13-19)34-28-33-12-11-23(35-28)16-32-18-38-26-8-3-2-7-25(26)36-29(38)37-27(39)15-20-14-21(30)9-10-24(20)31/h2-14,32H,15-18H2,1H3,(H,33,34,35)(H,36,37,39). The summed E-state index contributed by atoms with van der Waals surface area (Å²) in [7, 11) is -3.17. The average molecular weight is 592 g/mol. The second-order valence-corrected chi connectivity index (χ2v) is 11.8. The number of nitrogens with zero attached hydrogens (tertiary/aromatic N) is 4. The summed E-state index contributed by atoms with van der Waals surface area (Å²) in [5.41, 5.74) is 3.34. The second kappa shape index (κ2) is 12.4. The van der Waals surface area contributed by atoms with Crippen molar-refractivity contribution in [2.45, 2.75) is 25.4 Å². The van der Waals surface area contributed by atoms with Crippen molar-refractivity contribution in [3.8, 4) is 0 Å². The van der Waals surface area contributed by atoms with Crippen molar-refractivity contribution in [1.29, 1.82) is 0 Å². The van der Waals surface area contributed by atoms with E-state index in [2.05, 4.69) is 30.9 Å². The maximum absolute atomic E-state index is 14.1. The molecular weight excluding hydrogens is 564 g/mol. The lowest BCUT2D eigenvalue weighted by Gasteiger charge is -2.12. The van der Waals surface area contributed by atoms with Gasteiger partial charge < -0.3 is 5.32 Å². The van der Waals surface area contributed by atoms with Crippen molar-refractivity contribution in [3.63, 3.8) is 0 Å². The number of sulfone groups is 1. The lowest BCUT2D eigenvalue weighted by Crippen LogP contribution is -2.23. The largest absolute Gasteiger partial charge is 0.324 e. The van der Waals surface area contributed by atoms with Crippen LogP contribution in [-0.2, 0) is 40.0 Å². The maximum Gasteiger partial charge on any atom is 0.231 e. The van der Waals surface area contributed by atoms with Crippen LogP contribution in [0.3, 0.4) is 0 Å². The summed E-state index contributed by atoms with van der Waals surface area (Å²) < 4.78 is 52.7. The molecule has 0 saturated carbocycles. The van der Waals surface area contributed by atoms with Gasteiger partial charge in [-0.2, -0.15) is 0 Å². The van der Waals surface area contributed by atoms with E-state index in [0.717, 1.165) is 23.7 Å². The van der Waals surface area contributed by atoms with Gasteiger partial charge in [-0.05, 0) is 54.1 Å². The summed E-state index contributed by atoms with van der Waals surface area (Å²) in [5, 5.41) is 9.09. The molecule has 0 saturated heterocycles. The van der Waals surface area contributed by atoms with E-state index in [1.165, 1.54) is 6.26 Å². The van der Waals surface area contributed by atoms with Crippen LogP contribution in [0.1, 0.15) is 16.8 Å². The number of benzene rings is 3. The van der Waals surface area contributed by atoms with Crippen molar-refractivity contribution in [2.24, 2.45) is 0 Å². The van der Waals surface area contributed by atoms with Gasteiger partial charge in [0.05, 0.1) is 35.6 Å².